The summed E-state index contributed by atoms with van der Waals surface area (Å²) in [6.45, 7) is -1.59. The van der Waals surface area contributed by atoms with Gasteiger partial charge in [-0.15, -0.1) is 0 Å². The zero-order valence-corrected chi connectivity index (χ0v) is 14.6. The Labute approximate surface area is 154 Å². The highest BCUT2D eigenvalue weighted by Gasteiger charge is 2.18. The smallest absolute Gasteiger partial charge is 0.387 e. The molecule has 0 fully saturated rings. The van der Waals surface area contributed by atoms with Crippen LogP contribution in [0.1, 0.15) is 18.1 Å². The van der Waals surface area contributed by atoms with Crippen molar-refractivity contribution in [1.29, 1.82) is 5.26 Å². The number of alkyl halides is 2. The highest BCUT2D eigenvalue weighted by Crippen LogP contribution is 2.29. The summed E-state index contributed by atoms with van der Waals surface area (Å²) >= 11 is 0. The van der Waals surface area contributed by atoms with E-state index in [0.717, 1.165) is 0 Å². The summed E-state index contributed by atoms with van der Waals surface area (Å²) in [6.07, 6.45) is -0.942. The maximum absolute atomic E-state index is 12.3. The van der Waals surface area contributed by atoms with Crippen LogP contribution in [-0.4, -0.2) is 25.8 Å². The van der Waals surface area contributed by atoms with Gasteiger partial charge in [0.15, 0.2) is 17.6 Å². The molecule has 0 saturated heterocycles. The van der Waals surface area contributed by atoms with Crippen LogP contribution in [0.4, 0.5) is 8.78 Å². The van der Waals surface area contributed by atoms with Gasteiger partial charge in [0.25, 0.3) is 0 Å². The van der Waals surface area contributed by atoms with Gasteiger partial charge in [0.05, 0.1) is 12.7 Å². The minimum atomic E-state index is -2.98. The van der Waals surface area contributed by atoms with Gasteiger partial charge in [-0.3, -0.25) is 0 Å². The number of nitriles is 1. The van der Waals surface area contributed by atoms with Crippen LogP contribution < -0.4 is 14.2 Å². The molecule has 0 aliphatic heterocycles. The lowest BCUT2D eigenvalue weighted by molar-refractivity contribution is -0.152. The molecule has 27 heavy (non-hydrogen) atoms. The maximum Gasteiger partial charge on any atom is 0.387 e. The molecular formula is C19H17F2NO5. The predicted octanol–water partition coefficient (Wildman–Crippen LogP) is 3.68. The molecule has 0 radical (unpaired) electrons. The average Bonchev–Trinajstić information content (AvgIpc) is 2.66. The molecule has 8 heteroatoms. The van der Waals surface area contributed by atoms with Crippen molar-refractivity contribution in [2.45, 2.75) is 26.2 Å². The van der Waals surface area contributed by atoms with Crippen LogP contribution in [0.25, 0.3) is 0 Å². The van der Waals surface area contributed by atoms with Crippen LogP contribution in [-0.2, 0) is 16.1 Å². The van der Waals surface area contributed by atoms with Crippen molar-refractivity contribution < 1.29 is 32.5 Å². The summed E-state index contributed by atoms with van der Waals surface area (Å²) in [6, 6.07) is 12.7. The van der Waals surface area contributed by atoms with Gasteiger partial charge >= 0.3 is 12.6 Å². The van der Waals surface area contributed by atoms with E-state index in [4.69, 9.17) is 19.5 Å². The molecule has 0 aliphatic carbocycles. The fraction of sp³-hybridized carbons (Fsp3) is 0.263. The summed E-state index contributed by atoms with van der Waals surface area (Å²) in [5.41, 5.74) is 0.822. The van der Waals surface area contributed by atoms with E-state index in [1.807, 2.05) is 6.07 Å². The first kappa shape index (κ1) is 20.0. The van der Waals surface area contributed by atoms with Crippen LogP contribution in [0, 0.1) is 11.3 Å². The van der Waals surface area contributed by atoms with E-state index in [-0.39, 0.29) is 23.9 Å². The van der Waals surface area contributed by atoms with Gasteiger partial charge in [0.1, 0.15) is 18.4 Å². The zero-order valence-electron chi connectivity index (χ0n) is 14.6. The highest BCUT2D eigenvalue weighted by molar-refractivity contribution is 5.74. The summed E-state index contributed by atoms with van der Waals surface area (Å²) in [7, 11) is 1.31. The number of hydrogen-bond donors (Lipinski definition) is 0. The number of ether oxygens (including phenoxy) is 4. The van der Waals surface area contributed by atoms with Gasteiger partial charge in [0, 0.05) is 0 Å². The second kappa shape index (κ2) is 9.38. The second-order valence-corrected chi connectivity index (χ2v) is 5.34. The summed E-state index contributed by atoms with van der Waals surface area (Å²) in [4.78, 5) is 12.1. The van der Waals surface area contributed by atoms with Crippen LogP contribution in [0.3, 0.4) is 0 Å². The molecule has 0 spiro atoms. The first-order chi connectivity index (χ1) is 12.9. The van der Waals surface area contributed by atoms with E-state index in [0.29, 0.717) is 11.1 Å². The first-order valence-corrected chi connectivity index (χ1v) is 7.88. The van der Waals surface area contributed by atoms with E-state index >= 15 is 0 Å². The first-order valence-electron chi connectivity index (χ1n) is 7.88. The van der Waals surface area contributed by atoms with E-state index in [1.165, 1.54) is 32.2 Å². The second-order valence-electron chi connectivity index (χ2n) is 5.34. The lowest BCUT2D eigenvalue weighted by atomic mass is 10.2. The van der Waals surface area contributed by atoms with Crippen molar-refractivity contribution >= 4 is 5.97 Å². The predicted molar refractivity (Wildman–Crippen MR) is 90.7 cm³/mol. The molecular weight excluding hydrogens is 360 g/mol. The Kier molecular flexibility index (Phi) is 6.94. The largest absolute Gasteiger partial charge is 0.493 e. The Balaban J connectivity index is 1.97. The Hall–Kier alpha value is -3.34. The van der Waals surface area contributed by atoms with Gasteiger partial charge in [-0.2, -0.15) is 14.0 Å². The number of para-hydroxylation sites is 1. The molecule has 0 amide bonds. The van der Waals surface area contributed by atoms with Crippen molar-refractivity contribution in [1.82, 2.24) is 0 Å². The highest BCUT2D eigenvalue weighted by atomic mass is 19.3. The van der Waals surface area contributed by atoms with Gasteiger partial charge in [0.2, 0.25) is 0 Å². The topological polar surface area (TPSA) is 77.8 Å². The van der Waals surface area contributed by atoms with E-state index in [2.05, 4.69) is 4.74 Å². The zero-order chi connectivity index (χ0) is 19.8. The third-order valence-corrected chi connectivity index (χ3v) is 3.47. The van der Waals surface area contributed by atoms with Gasteiger partial charge in [-0.05, 0) is 36.8 Å². The number of carbonyl (C=O) groups excluding carboxylic acids is 1. The van der Waals surface area contributed by atoms with Crippen molar-refractivity contribution in [2.24, 2.45) is 0 Å². The minimum Gasteiger partial charge on any atom is -0.493 e. The fourth-order valence-corrected chi connectivity index (χ4v) is 2.17. The standard InChI is InChI=1S/C19H17F2NO5/c1-12(26-15-6-4-3-5-14(15)10-22)18(23)25-11-13-7-8-16(27-19(20)21)17(9-13)24-2/h3-9,12,19H,11H2,1-2H3. The molecule has 1 atom stereocenters. The van der Waals surface area contributed by atoms with Crippen LogP contribution in [0.2, 0.25) is 0 Å². The molecule has 6 nitrogen and oxygen atoms in total. The quantitative estimate of drug-likeness (QED) is 0.653. The number of hydrogen-bond acceptors (Lipinski definition) is 6. The molecule has 0 bridgehead atoms. The molecule has 0 N–H and O–H groups in total. The molecule has 142 valence electrons. The Morgan fingerprint density at radius 1 is 1.11 bits per heavy atom. The molecule has 0 heterocycles. The molecule has 2 aromatic carbocycles. The number of halogens is 2. The molecule has 0 aromatic heterocycles. The Morgan fingerprint density at radius 3 is 2.52 bits per heavy atom. The summed E-state index contributed by atoms with van der Waals surface area (Å²) in [5.74, 6) is -0.391. The SMILES string of the molecule is COc1cc(COC(=O)C(C)Oc2ccccc2C#N)ccc1OC(F)F. The van der Waals surface area contributed by atoms with Crippen LogP contribution >= 0.6 is 0 Å². The van der Waals surface area contributed by atoms with E-state index in [9.17, 15) is 13.6 Å². The van der Waals surface area contributed by atoms with Gasteiger partial charge < -0.3 is 18.9 Å². The average molecular weight is 377 g/mol. The number of rotatable bonds is 8. The Bertz CT molecular complexity index is 835. The third kappa shape index (κ3) is 5.57. The maximum atomic E-state index is 12.3. The minimum absolute atomic E-state index is 0.0936. The number of methoxy groups -OCH3 is 1. The molecule has 0 saturated carbocycles. The Morgan fingerprint density at radius 2 is 1.85 bits per heavy atom. The molecule has 2 rings (SSSR count). The number of esters is 1. The summed E-state index contributed by atoms with van der Waals surface area (Å²) in [5, 5.41) is 9.03. The van der Waals surface area contributed by atoms with E-state index in [1.54, 1.807) is 24.3 Å². The van der Waals surface area contributed by atoms with Crippen molar-refractivity contribution in [3.05, 3.63) is 53.6 Å². The number of carbonyl (C=O) groups is 1. The summed E-state index contributed by atoms with van der Waals surface area (Å²) < 4.78 is 44.6. The van der Waals surface area contributed by atoms with E-state index < -0.39 is 18.7 Å². The van der Waals surface area contributed by atoms with Crippen molar-refractivity contribution in [2.75, 3.05) is 7.11 Å². The lowest BCUT2D eigenvalue weighted by Gasteiger charge is -2.15. The monoisotopic (exact) mass is 377 g/mol. The fourth-order valence-electron chi connectivity index (χ4n) is 2.17. The molecule has 0 aliphatic rings. The van der Waals surface area contributed by atoms with Crippen LogP contribution in [0.15, 0.2) is 42.5 Å². The third-order valence-electron chi connectivity index (χ3n) is 3.47. The van der Waals surface area contributed by atoms with Crippen molar-refractivity contribution in [3.63, 3.8) is 0 Å². The number of nitrogens with zero attached hydrogens (tertiary/aromatic N) is 1. The molecule has 2 aromatic rings. The van der Waals surface area contributed by atoms with Gasteiger partial charge in [-0.1, -0.05) is 18.2 Å². The number of benzene rings is 2. The lowest BCUT2D eigenvalue weighted by Crippen LogP contribution is -2.26. The van der Waals surface area contributed by atoms with Crippen LogP contribution in [0.5, 0.6) is 17.2 Å². The van der Waals surface area contributed by atoms with Gasteiger partial charge in [-0.25, -0.2) is 4.79 Å². The molecule has 1 unspecified atom stereocenters. The normalized spacial score (nSPS) is 11.4. The van der Waals surface area contributed by atoms with Crippen molar-refractivity contribution in [3.8, 4) is 23.3 Å².